The number of hydrogen-bond donors (Lipinski definition) is 1. The highest BCUT2D eigenvalue weighted by atomic mass is 35.5. The van der Waals surface area contributed by atoms with Gasteiger partial charge in [-0.15, -0.1) is 0 Å². The average Bonchev–Trinajstić information content (AvgIpc) is 2.87. The van der Waals surface area contributed by atoms with Gasteiger partial charge in [-0.2, -0.15) is 5.26 Å². The Morgan fingerprint density at radius 3 is 2.09 bits per heavy atom. The summed E-state index contributed by atoms with van der Waals surface area (Å²) in [5, 5.41) is 13.3. The van der Waals surface area contributed by atoms with Crippen LogP contribution in [0.3, 0.4) is 0 Å². The van der Waals surface area contributed by atoms with Gasteiger partial charge >= 0.3 is 0 Å². The van der Waals surface area contributed by atoms with Crippen molar-refractivity contribution in [3.05, 3.63) is 112 Å². The van der Waals surface area contributed by atoms with Gasteiger partial charge in [-0.3, -0.25) is 9.69 Å². The molecule has 1 heterocycles. The van der Waals surface area contributed by atoms with Gasteiger partial charge < -0.3 is 10.2 Å². The molecule has 1 N–H and O–H groups in total. The SMILES string of the molecule is Cc1cc(Cl)ccc1N/C=C(/C#N)C(=O)N1CCN(C(c2ccccc2)c2ccccc2)CC1. The molecule has 1 aliphatic rings. The maximum Gasteiger partial charge on any atom is 0.266 e. The maximum absolute atomic E-state index is 13.1. The molecule has 0 atom stereocenters. The highest BCUT2D eigenvalue weighted by molar-refractivity contribution is 6.30. The second-order valence-electron chi connectivity index (χ2n) is 8.33. The van der Waals surface area contributed by atoms with E-state index in [0.717, 1.165) is 24.3 Å². The Morgan fingerprint density at radius 1 is 0.971 bits per heavy atom. The van der Waals surface area contributed by atoms with Gasteiger partial charge in [0.15, 0.2) is 0 Å². The molecule has 0 bridgehead atoms. The Labute approximate surface area is 205 Å². The molecular formula is C28H27ClN4O. The molecule has 1 saturated heterocycles. The first-order valence-electron chi connectivity index (χ1n) is 11.3. The summed E-state index contributed by atoms with van der Waals surface area (Å²) in [4.78, 5) is 17.2. The van der Waals surface area contributed by atoms with Crippen molar-refractivity contribution in [1.82, 2.24) is 9.80 Å². The lowest BCUT2D eigenvalue weighted by Gasteiger charge is -2.39. The standard InChI is InChI=1S/C28H27ClN4O/c1-21-18-25(29)12-13-26(21)31-20-24(19-30)28(34)33-16-14-32(15-17-33)27(22-8-4-2-5-9-22)23-10-6-3-7-11-23/h2-13,18,20,27,31H,14-17H2,1H3/b24-20-. The predicted molar refractivity (Wildman–Crippen MR) is 136 cm³/mol. The van der Waals surface area contributed by atoms with E-state index in [1.807, 2.05) is 31.2 Å². The summed E-state index contributed by atoms with van der Waals surface area (Å²) >= 11 is 6.01. The zero-order valence-corrected chi connectivity index (χ0v) is 19.9. The molecule has 0 saturated carbocycles. The van der Waals surface area contributed by atoms with Gasteiger partial charge in [-0.1, -0.05) is 72.3 Å². The number of rotatable bonds is 6. The Hall–Kier alpha value is -3.59. The Balaban J connectivity index is 1.45. The van der Waals surface area contributed by atoms with Crippen LogP contribution in [0.2, 0.25) is 5.02 Å². The van der Waals surface area contributed by atoms with Crippen molar-refractivity contribution in [2.24, 2.45) is 0 Å². The van der Waals surface area contributed by atoms with Gasteiger partial charge in [0.2, 0.25) is 0 Å². The van der Waals surface area contributed by atoms with E-state index in [9.17, 15) is 10.1 Å². The van der Waals surface area contributed by atoms with Gasteiger partial charge in [-0.25, -0.2) is 0 Å². The molecule has 0 aromatic heterocycles. The lowest BCUT2D eigenvalue weighted by molar-refractivity contribution is -0.128. The van der Waals surface area contributed by atoms with Gasteiger partial charge in [0.1, 0.15) is 11.6 Å². The number of aryl methyl sites for hydroxylation is 1. The molecule has 5 nitrogen and oxygen atoms in total. The summed E-state index contributed by atoms with van der Waals surface area (Å²) in [6.45, 7) is 4.50. The van der Waals surface area contributed by atoms with E-state index in [-0.39, 0.29) is 17.5 Å². The van der Waals surface area contributed by atoms with Crippen LogP contribution in [0, 0.1) is 18.3 Å². The number of piperazine rings is 1. The van der Waals surface area contributed by atoms with Crippen LogP contribution in [0.25, 0.3) is 0 Å². The van der Waals surface area contributed by atoms with Crippen molar-refractivity contribution in [3.8, 4) is 6.07 Å². The van der Waals surface area contributed by atoms with Gasteiger partial charge in [0, 0.05) is 43.1 Å². The molecule has 1 fully saturated rings. The van der Waals surface area contributed by atoms with Crippen molar-refractivity contribution in [3.63, 3.8) is 0 Å². The van der Waals surface area contributed by atoms with E-state index in [0.29, 0.717) is 18.1 Å². The molecular weight excluding hydrogens is 444 g/mol. The van der Waals surface area contributed by atoms with Crippen LogP contribution in [0.15, 0.2) is 90.6 Å². The minimum Gasteiger partial charge on any atom is -0.360 e. The molecule has 0 unspecified atom stereocenters. The fourth-order valence-electron chi connectivity index (χ4n) is 4.32. The Kier molecular flexibility index (Phi) is 7.64. The lowest BCUT2D eigenvalue weighted by atomic mass is 9.96. The fraction of sp³-hybridized carbons (Fsp3) is 0.214. The fourth-order valence-corrected chi connectivity index (χ4v) is 4.55. The Bertz CT molecular complexity index is 1160. The number of nitrogens with one attached hydrogen (secondary N) is 1. The zero-order chi connectivity index (χ0) is 23.9. The lowest BCUT2D eigenvalue weighted by Crippen LogP contribution is -2.50. The van der Waals surface area contributed by atoms with Crippen molar-refractivity contribution >= 4 is 23.2 Å². The Morgan fingerprint density at radius 2 is 1.56 bits per heavy atom. The van der Waals surface area contributed by atoms with E-state index in [1.54, 1.807) is 11.0 Å². The molecule has 3 aromatic rings. The highest BCUT2D eigenvalue weighted by Gasteiger charge is 2.29. The number of anilines is 1. The van der Waals surface area contributed by atoms with E-state index in [1.165, 1.54) is 17.3 Å². The number of carbonyl (C=O) groups excluding carboxylic acids is 1. The van der Waals surface area contributed by atoms with Crippen LogP contribution in [0.4, 0.5) is 5.69 Å². The van der Waals surface area contributed by atoms with Crippen LogP contribution in [0.1, 0.15) is 22.7 Å². The minimum atomic E-state index is -0.253. The second kappa shape index (κ2) is 11.0. The number of nitriles is 1. The molecule has 1 amide bonds. The van der Waals surface area contributed by atoms with Gasteiger partial charge in [-0.05, 0) is 41.8 Å². The molecule has 34 heavy (non-hydrogen) atoms. The van der Waals surface area contributed by atoms with Crippen molar-refractivity contribution in [1.29, 1.82) is 5.26 Å². The van der Waals surface area contributed by atoms with E-state index in [4.69, 9.17) is 11.6 Å². The number of amides is 1. The quantitative estimate of drug-likeness (QED) is 0.387. The van der Waals surface area contributed by atoms with Crippen LogP contribution in [0.5, 0.6) is 0 Å². The number of carbonyl (C=O) groups is 1. The predicted octanol–water partition coefficient (Wildman–Crippen LogP) is 5.40. The summed E-state index contributed by atoms with van der Waals surface area (Å²) in [5.41, 5.74) is 4.30. The maximum atomic E-state index is 13.1. The summed E-state index contributed by atoms with van der Waals surface area (Å²) < 4.78 is 0. The molecule has 1 aliphatic heterocycles. The monoisotopic (exact) mass is 470 g/mol. The number of nitrogens with zero attached hydrogens (tertiary/aromatic N) is 3. The normalized spacial score (nSPS) is 14.6. The van der Waals surface area contributed by atoms with E-state index in [2.05, 4.69) is 64.8 Å². The van der Waals surface area contributed by atoms with Crippen molar-refractivity contribution in [2.45, 2.75) is 13.0 Å². The molecule has 172 valence electrons. The topological polar surface area (TPSA) is 59.4 Å². The molecule has 4 rings (SSSR count). The third kappa shape index (κ3) is 5.48. The number of halogens is 1. The first-order chi connectivity index (χ1) is 16.6. The molecule has 6 heteroatoms. The van der Waals surface area contributed by atoms with Crippen molar-refractivity contribution in [2.75, 3.05) is 31.5 Å². The third-order valence-electron chi connectivity index (χ3n) is 6.11. The summed E-state index contributed by atoms with van der Waals surface area (Å²) in [6.07, 6.45) is 1.49. The highest BCUT2D eigenvalue weighted by Crippen LogP contribution is 2.29. The van der Waals surface area contributed by atoms with E-state index < -0.39 is 0 Å². The molecule has 0 radical (unpaired) electrons. The van der Waals surface area contributed by atoms with Crippen molar-refractivity contribution < 1.29 is 4.79 Å². The second-order valence-corrected chi connectivity index (χ2v) is 8.76. The molecule has 0 aliphatic carbocycles. The van der Waals surface area contributed by atoms with Crippen LogP contribution in [-0.2, 0) is 4.79 Å². The number of benzene rings is 3. The third-order valence-corrected chi connectivity index (χ3v) is 6.34. The smallest absolute Gasteiger partial charge is 0.266 e. The zero-order valence-electron chi connectivity index (χ0n) is 19.1. The minimum absolute atomic E-state index is 0.0884. The van der Waals surface area contributed by atoms with Gasteiger partial charge in [0.25, 0.3) is 5.91 Å². The first kappa shape index (κ1) is 23.6. The van der Waals surface area contributed by atoms with Crippen LogP contribution in [-0.4, -0.2) is 41.9 Å². The molecule has 3 aromatic carbocycles. The summed E-state index contributed by atoms with van der Waals surface area (Å²) in [7, 11) is 0. The average molecular weight is 471 g/mol. The molecule has 0 spiro atoms. The van der Waals surface area contributed by atoms with Crippen LogP contribution >= 0.6 is 11.6 Å². The first-order valence-corrected chi connectivity index (χ1v) is 11.7. The number of hydrogen-bond acceptors (Lipinski definition) is 4. The van der Waals surface area contributed by atoms with Gasteiger partial charge in [0.05, 0.1) is 6.04 Å². The van der Waals surface area contributed by atoms with Crippen LogP contribution < -0.4 is 5.32 Å². The van der Waals surface area contributed by atoms with E-state index >= 15 is 0 Å². The summed E-state index contributed by atoms with van der Waals surface area (Å²) in [6, 6.07) is 28.5. The largest absolute Gasteiger partial charge is 0.360 e. The summed E-state index contributed by atoms with van der Waals surface area (Å²) in [5.74, 6) is -0.253.